The van der Waals surface area contributed by atoms with E-state index in [0.29, 0.717) is 17.4 Å². The maximum atomic E-state index is 14.0. The molecule has 0 bridgehead atoms. The summed E-state index contributed by atoms with van der Waals surface area (Å²) >= 11 is 0. The normalized spacial score (nSPS) is 14.1. The molecular weight excluding hydrogens is 393 g/mol. The number of rotatable bonds is 4. The van der Waals surface area contributed by atoms with Crippen LogP contribution in [0.25, 0.3) is 22.8 Å². The summed E-state index contributed by atoms with van der Waals surface area (Å²) in [5.41, 5.74) is 3.50. The molecule has 5 rings (SSSR count). The lowest BCUT2D eigenvalue weighted by atomic mass is 10.1. The quantitative estimate of drug-likeness (QED) is 0.487. The Bertz CT molecular complexity index is 1180. The maximum Gasteiger partial charge on any atom is 0.259 e. The fourth-order valence-corrected chi connectivity index (χ4v) is 3.83. The first-order valence-electron chi connectivity index (χ1n) is 10.3. The van der Waals surface area contributed by atoms with Gasteiger partial charge in [-0.3, -0.25) is 0 Å². The van der Waals surface area contributed by atoms with Crippen LogP contribution >= 0.6 is 0 Å². The molecule has 4 aromatic rings. The molecule has 0 amide bonds. The molecule has 0 spiro atoms. The van der Waals surface area contributed by atoms with Crippen LogP contribution in [0.4, 0.5) is 15.9 Å². The number of aryl methyl sites for hydroxylation is 1. The van der Waals surface area contributed by atoms with Crippen LogP contribution in [0.5, 0.6) is 0 Å². The van der Waals surface area contributed by atoms with E-state index in [2.05, 4.69) is 24.9 Å². The highest BCUT2D eigenvalue weighted by atomic mass is 19.1. The summed E-state index contributed by atoms with van der Waals surface area (Å²) < 4.78 is 19.5. The Balaban J connectivity index is 1.26. The van der Waals surface area contributed by atoms with Gasteiger partial charge in [-0.05, 0) is 37.3 Å². The van der Waals surface area contributed by atoms with E-state index in [1.54, 1.807) is 12.3 Å². The molecule has 0 atom stereocenters. The lowest BCUT2D eigenvalue weighted by Crippen LogP contribution is -2.47. The zero-order chi connectivity index (χ0) is 21.2. The average molecular weight is 415 g/mol. The Morgan fingerprint density at radius 1 is 0.871 bits per heavy atom. The van der Waals surface area contributed by atoms with Crippen molar-refractivity contribution in [1.29, 1.82) is 0 Å². The van der Waals surface area contributed by atoms with Gasteiger partial charge in [0.05, 0.1) is 11.3 Å². The molecule has 0 N–H and O–H groups in total. The van der Waals surface area contributed by atoms with Crippen molar-refractivity contribution in [2.24, 2.45) is 0 Å². The van der Waals surface area contributed by atoms with Crippen molar-refractivity contribution in [3.63, 3.8) is 0 Å². The summed E-state index contributed by atoms with van der Waals surface area (Å²) in [5.74, 6) is 1.71. The molecule has 2 aromatic heterocycles. The molecule has 7 heteroatoms. The van der Waals surface area contributed by atoms with Gasteiger partial charge in [-0.15, -0.1) is 0 Å². The molecule has 0 unspecified atom stereocenters. The number of aromatic nitrogens is 3. The van der Waals surface area contributed by atoms with E-state index in [-0.39, 0.29) is 5.82 Å². The Hall–Kier alpha value is -3.74. The average Bonchev–Trinajstić information content (AvgIpc) is 3.30. The van der Waals surface area contributed by atoms with E-state index in [0.717, 1.165) is 48.7 Å². The molecule has 2 aromatic carbocycles. The summed E-state index contributed by atoms with van der Waals surface area (Å²) in [4.78, 5) is 13.4. The second kappa shape index (κ2) is 8.18. The van der Waals surface area contributed by atoms with Crippen LogP contribution in [-0.4, -0.2) is 41.3 Å². The SMILES string of the molecule is Cc1cccc(-c2noc(-c3ccc(N4CCN(c5ccccc5F)CC4)nc3)n2)c1. The van der Waals surface area contributed by atoms with Crippen LogP contribution in [0.3, 0.4) is 0 Å². The molecule has 6 nitrogen and oxygen atoms in total. The van der Waals surface area contributed by atoms with Gasteiger partial charge in [0.1, 0.15) is 11.6 Å². The van der Waals surface area contributed by atoms with Gasteiger partial charge in [0, 0.05) is 37.9 Å². The van der Waals surface area contributed by atoms with Crippen molar-refractivity contribution < 1.29 is 8.91 Å². The van der Waals surface area contributed by atoms with Crippen LogP contribution < -0.4 is 9.80 Å². The van der Waals surface area contributed by atoms with Gasteiger partial charge in [0.25, 0.3) is 5.89 Å². The van der Waals surface area contributed by atoms with Crippen molar-refractivity contribution >= 4 is 11.5 Å². The third-order valence-electron chi connectivity index (χ3n) is 5.49. The minimum atomic E-state index is -0.178. The molecule has 1 saturated heterocycles. The van der Waals surface area contributed by atoms with Gasteiger partial charge in [-0.2, -0.15) is 4.98 Å². The maximum absolute atomic E-state index is 14.0. The van der Waals surface area contributed by atoms with E-state index < -0.39 is 0 Å². The summed E-state index contributed by atoms with van der Waals surface area (Å²) in [6, 6.07) is 18.8. The lowest BCUT2D eigenvalue weighted by molar-refractivity contribution is 0.432. The fourth-order valence-electron chi connectivity index (χ4n) is 3.83. The van der Waals surface area contributed by atoms with E-state index >= 15 is 0 Å². The van der Waals surface area contributed by atoms with Crippen molar-refractivity contribution in [3.8, 4) is 22.8 Å². The summed E-state index contributed by atoms with van der Waals surface area (Å²) in [6.07, 6.45) is 1.76. The number of anilines is 2. The second-order valence-electron chi connectivity index (χ2n) is 7.62. The Labute approximate surface area is 180 Å². The molecule has 1 fully saturated rings. The first kappa shape index (κ1) is 19.2. The predicted octanol–water partition coefficient (Wildman–Crippen LogP) is 4.57. The van der Waals surface area contributed by atoms with Gasteiger partial charge in [-0.1, -0.05) is 41.1 Å². The van der Waals surface area contributed by atoms with Crippen molar-refractivity contribution in [2.45, 2.75) is 6.92 Å². The minimum Gasteiger partial charge on any atom is -0.366 e. The molecule has 1 aliphatic heterocycles. The number of pyridine rings is 1. The van der Waals surface area contributed by atoms with Crippen molar-refractivity contribution in [3.05, 3.63) is 78.2 Å². The number of halogens is 1. The van der Waals surface area contributed by atoms with E-state index in [4.69, 9.17) is 4.52 Å². The number of para-hydroxylation sites is 1. The summed E-state index contributed by atoms with van der Waals surface area (Å²) in [5, 5.41) is 4.10. The van der Waals surface area contributed by atoms with Gasteiger partial charge in [-0.25, -0.2) is 9.37 Å². The van der Waals surface area contributed by atoms with Crippen LogP contribution in [0.15, 0.2) is 71.4 Å². The second-order valence-corrected chi connectivity index (χ2v) is 7.62. The molecular formula is C24H22FN5O. The largest absolute Gasteiger partial charge is 0.366 e. The summed E-state index contributed by atoms with van der Waals surface area (Å²) in [6.45, 7) is 5.07. The fraction of sp³-hybridized carbons (Fsp3) is 0.208. The highest BCUT2D eigenvalue weighted by Crippen LogP contribution is 2.25. The minimum absolute atomic E-state index is 0.178. The zero-order valence-corrected chi connectivity index (χ0v) is 17.2. The third-order valence-corrected chi connectivity index (χ3v) is 5.49. The number of hydrogen-bond donors (Lipinski definition) is 0. The first-order chi connectivity index (χ1) is 15.2. The number of nitrogens with zero attached hydrogens (tertiary/aromatic N) is 5. The molecule has 156 valence electrons. The third kappa shape index (κ3) is 3.99. The smallest absolute Gasteiger partial charge is 0.259 e. The Kier molecular flexibility index (Phi) is 5.08. The van der Waals surface area contributed by atoms with Gasteiger partial charge >= 0.3 is 0 Å². The molecule has 1 aliphatic rings. The topological polar surface area (TPSA) is 58.3 Å². The molecule has 3 heterocycles. The van der Waals surface area contributed by atoms with Gasteiger partial charge < -0.3 is 14.3 Å². The van der Waals surface area contributed by atoms with E-state index in [1.807, 2.05) is 55.5 Å². The standard InChI is InChI=1S/C24H22FN5O/c1-17-5-4-6-18(15-17)23-27-24(31-28-23)19-9-10-22(26-16-19)30-13-11-29(12-14-30)21-8-3-2-7-20(21)25/h2-10,15-16H,11-14H2,1H3. The molecule has 31 heavy (non-hydrogen) atoms. The Morgan fingerprint density at radius 3 is 2.42 bits per heavy atom. The zero-order valence-electron chi connectivity index (χ0n) is 17.2. The van der Waals surface area contributed by atoms with Crippen molar-refractivity contribution in [1.82, 2.24) is 15.1 Å². The molecule has 0 aliphatic carbocycles. The molecule has 0 saturated carbocycles. The van der Waals surface area contributed by atoms with Crippen molar-refractivity contribution in [2.75, 3.05) is 36.0 Å². The highest BCUT2D eigenvalue weighted by Gasteiger charge is 2.20. The van der Waals surface area contributed by atoms with Crippen LogP contribution in [0.1, 0.15) is 5.56 Å². The molecule has 0 radical (unpaired) electrons. The first-order valence-corrected chi connectivity index (χ1v) is 10.3. The summed E-state index contributed by atoms with van der Waals surface area (Å²) in [7, 11) is 0. The van der Waals surface area contributed by atoms with Crippen LogP contribution in [0.2, 0.25) is 0 Å². The van der Waals surface area contributed by atoms with Gasteiger partial charge in [0.2, 0.25) is 5.82 Å². The lowest BCUT2D eigenvalue weighted by Gasteiger charge is -2.36. The Morgan fingerprint density at radius 2 is 1.68 bits per heavy atom. The number of hydrogen-bond acceptors (Lipinski definition) is 6. The monoisotopic (exact) mass is 415 g/mol. The predicted molar refractivity (Wildman–Crippen MR) is 119 cm³/mol. The van der Waals surface area contributed by atoms with Crippen LogP contribution in [-0.2, 0) is 0 Å². The van der Waals surface area contributed by atoms with Gasteiger partial charge in [0.15, 0.2) is 0 Å². The van der Waals surface area contributed by atoms with Crippen LogP contribution in [0, 0.1) is 12.7 Å². The number of benzene rings is 2. The number of piperazine rings is 1. The van der Waals surface area contributed by atoms with E-state index in [1.165, 1.54) is 6.07 Å². The van der Waals surface area contributed by atoms with E-state index in [9.17, 15) is 4.39 Å². The highest BCUT2D eigenvalue weighted by molar-refractivity contribution is 5.61.